The Morgan fingerprint density at radius 2 is 2.26 bits per heavy atom. The average Bonchev–Trinajstić information content (AvgIpc) is 2.46. The van der Waals surface area contributed by atoms with E-state index in [0.717, 1.165) is 36.4 Å². The van der Waals surface area contributed by atoms with Gasteiger partial charge in [-0.05, 0) is 44.4 Å². The van der Waals surface area contributed by atoms with Crippen molar-refractivity contribution < 1.29 is 0 Å². The molecule has 0 amide bonds. The fraction of sp³-hybridized carbons (Fsp3) is 0.467. The van der Waals surface area contributed by atoms with E-state index in [4.69, 9.17) is 5.73 Å². The highest BCUT2D eigenvalue weighted by Gasteiger charge is 2.21. The van der Waals surface area contributed by atoms with Crippen LogP contribution in [0.1, 0.15) is 18.4 Å². The molecule has 2 N–H and O–H groups in total. The van der Waals surface area contributed by atoms with Gasteiger partial charge in [0.05, 0.1) is 5.52 Å². The van der Waals surface area contributed by atoms with Crippen LogP contribution in [0.3, 0.4) is 0 Å². The number of aromatic nitrogens is 2. The molecule has 1 atom stereocenters. The molecule has 1 saturated heterocycles. The first-order chi connectivity index (χ1) is 9.28. The van der Waals surface area contributed by atoms with Crippen molar-refractivity contribution in [3.63, 3.8) is 0 Å². The van der Waals surface area contributed by atoms with Gasteiger partial charge < -0.3 is 10.6 Å². The van der Waals surface area contributed by atoms with Crippen LogP contribution in [0, 0.1) is 12.8 Å². The van der Waals surface area contributed by atoms with Crippen LogP contribution in [0.25, 0.3) is 10.9 Å². The van der Waals surface area contributed by atoms with Gasteiger partial charge in [-0.25, -0.2) is 9.97 Å². The molecular weight excluding hydrogens is 236 g/mol. The molecule has 4 heteroatoms. The van der Waals surface area contributed by atoms with Gasteiger partial charge >= 0.3 is 0 Å². The fourth-order valence-electron chi connectivity index (χ4n) is 2.86. The van der Waals surface area contributed by atoms with E-state index in [-0.39, 0.29) is 0 Å². The summed E-state index contributed by atoms with van der Waals surface area (Å²) in [6.45, 7) is 4.95. The van der Waals surface area contributed by atoms with Crippen molar-refractivity contribution in [1.29, 1.82) is 0 Å². The van der Waals surface area contributed by atoms with E-state index in [2.05, 4.69) is 40.0 Å². The van der Waals surface area contributed by atoms with Gasteiger partial charge in [0.15, 0.2) is 0 Å². The second-order valence-corrected chi connectivity index (χ2v) is 5.41. The van der Waals surface area contributed by atoms with Crippen LogP contribution in [0.15, 0.2) is 24.5 Å². The molecule has 2 aromatic rings. The summed E-state index contributed by atoms with van der Waals surface area (Å²) in [4.78, 5) is 11.2. The third kappa shape index (κ3) is 2.40. The normalized spacial score (nSPS) is 19.9. The number of aryl methyl sites for hydroxylation is 1. The summed E-state index contributed by atoms with van der Waals surface area (Å²) in [7, 11) is 0. The van der Waals surface area contributed by atoms with Crippen molar-refractivity contribution in [1.82, 2.24) is 9.97 Å². The molecule has 3 rings (SSSR count). The summed E-state index contributed by atoms with van der Waals surface area (Å²) in [5, 5.41) is 1.15. The van der Waals surface area contributed by atoms with Gasteiger partial charge in [-0.2, -0.15) is 0 Å². The summed E-state index contributed by atoms with van der Waals surface area (Å²) in [5.41, 5.74) is 8.09. The van der Waals surface area contributed by atoms with Crippen molar-refractivity contribution in [3.05, 3.63) is 30.1 Å². The van der Waals surface area contributed by atoms with Gasteiger partial charge in [0.1, 0.15) is 12.1 Å². The molecule has 1 aromatic carbocycles. The van der Waals surface area contributed by atoms with Crippen molar-refractivity contribution in [3.8, 4) is 0 Å². The lowest BCUT2D eigenvalue weighted by atomic mass is 9.98. The molecule has 1 aliphatic rings. The molecule has 4 nitrogen and oxygen atoms in total. The minimum atomic E-state index is 0.587. The van der Waals surface area contributed by atoms with Crippen LogP contribution in [0.5, 0.6) is 0 Å². The highest BCUT2D eigenvalue weighted by atomic mass is 15.2. The smallest absolute Gasteiger partial charge is 0.139 e. The first kappa shape index (κ1) is 12.4. The highest BCUT2D eigenvalue weighted by molar-refractivity contribution is 5.89. The van der Waals surface area contributed by atoms with E-state index in [0.29, 0.717) is 5.92 Å². The molecule has 1 aromatic heterocycles. The summed E-state index contributed by atoms with van der Waals surface area (Å²) in [6.07, 6.45) is 4.09. The van der Waals surface area contributed by atoms with Gasteiger partial charge in [0.25, 0.3) is 0 Å². The maximum Gasteiger partial charge on any atom is 0.139 e. The van der Waals surface area contributed by atoms with Crippen LogP contribution < -0.4 is 10.6 Å². The zero-order valence-electron chi connectivity index (χ0n) is 11.3. The lowest BCUT2D eigenvalue weighted by molar-refractivity contribution is 0.422. The van der Waals surface area contributed by atoms with Gasteiger partial charge in [-0.15, -0.1) is 0 Å². The predicted molar refractivity (Wildman–Crippen MR) is 78.3 cm³/mol. The van der Waals surface area contributed by atoms with Crippen molar-refractivity contribution in [2.24, 2.45) is 11.7 Å². The molecule has 1 unspecified atom stereocenters. The number of nitrogens with two attached hydrogens (primary N) is 1. The van der Waals surface area contributed by atoms with Gasteiger partial charge in [-0.1, -0.05) is 11.6 Å². The molecule has 19 heavy (non-hydrogen) atoms. The monoisotopic (exact) mass is 256 g/mol. The van der Waals surface area contributed by atoms with Gasteiger partial charge in [-0.3, -0.25) is 0 Å². The Balaban J connectivity index is 2.02. The molecule has 0 bridgehead atoms. The van der Waals surface area contributed by atoms with E-state index in [9.17, 15) is 0 Å². The molecule has 100 valence electrons. The van der Waals surface area contributed by atoms with Crippen molar-refractivity contribution >= 4 is 16.7 Å². The Bertz CT molecular complexity index is 581. The summed E-state index contributed by atoms with van der Waals surface area (Å²) in [6, 6.07) is 6.34. The first-order valence-electron chi connectivity index (χ1n) is 6.94. The Hall–Kier alpha value is -1.68. The van der Waals surface area contributed by atoms with Crippen LogP contribution in [-0.4, -0.2) is 29.6 Å². The molecule has 0 spiro atoms. The quantitative estimate of drug-likeness (QED) is 0.894. The molecule has 0 saturated carbocycles. The maximum absolute atomic E-state index is 5.82. The van der Waals surface area contributed by atoms with E-state index in [1.807, 2.05) is 0 Å². The van der Waals surface area contributed by atoms with Crippen LogP contribution in [0.4, 0.5) is 5.82 Å². The Morgan fingerprint density at radius 3 is 3.11 bits per heavy atom. The van der Waals surface area contributed by atoms with E-state index in [1.165, 1.54) is 18.4 Å². The van der Waals surface area contributed by atoms with Crippen LogP contribution in [0.2, 0.25) is 0 Å². The Labute approximate surface area is 113 Å². The van der Waals surface area contributed by atoms with Crippen LogP contribution >= 0.6 is 0 Å². The Morgan fingerprint density at radius 1 is 1.37 bits per heavy atom. The summed E-state index contributed by atoms with van der Waals surface area (Å²) < 4.78 is 0. The fourth-order valence-corrected chi connectivity index (χ4v) is 2.86. The molecule has 0 radical (unpaired) electrons. The number of rotatable bonds is 2. The predicted octanol–water partition coefficient (Wildman–Crippen LogP) is 2.11. The average molecular weight is 256 g/mol. The zero-order chi connectivity index (χ0) is 13.2. The topological polar surface area (TPSA) is 55.0 Å². The van der Waals surface area contributed by atoms with E-state index in [1.54, 1.807) is 6.33 Å². The lowest BCUT2D eigenvalue weighted by Crippen LogP contribution is -2.38. The molecule has 0 aliphatic carbocycles. The number of piperidine rings is 1. The number of hydrogen-bond acceptors (Lipinski definition) is 4. The number of fused-ring (bicyclic) bond motifs is 1. The van der Waals surface area contributed by atoms with Crippen LogP contribution in [-0.2, 0) is 0 Å². The van der Waals surface area contributed by atoms with Crippen molar-refractivity contribution in [2.75, 3.05) is 24.5 Å². The first-order valence-corrected chi connectivity index (χ1v) is 6.94. The van der Waals surface area contributed by atoms with Gasteiger partial charge in [0.2, 0.25) is 0 Å². The summed E-state index contributed by atoms with van der Waals surface area (Å²) in [5.74, 6) is 1.65. The second kappa shape index (κ2) is 5.13. The zero-order valence-corrected chi connectivity index (χ0v) is 11.3. The standard InChI is InChI=1S/C15H20N4/c1-11-4-5-14-13(7-11)15(18-10-17-14)19-6-2-3-12(8-16)9-19/h4-5,7,10,12H,2-3,6,8-9,16H2,1H3. The largest absolute Gasteiger partial charge is 0.356 e. The minimum Gasteiger partial charge on any atom is -0.356 e. The summed E-state index contributed by atoms with van der Waals surface area (Å²) >= 11 is 0. The number of hydrogen-bond donors (Lipinski definition) is 1. The molecular formula is C15H20N4. The number of anilines is 1. The van der Waals surface area contributed by atoms with E-state index < -0.39 is 0 Å². The van der Waals surface area contributed by atoms with Crippen molar-refractivity contribution in [2.45, 2.75) is 19.8 Å². The second-order valence-electron chi connectivity index (χ2n) is 5.41. The lowest BCUT2D eigenvalue weighted by Gasteiger charge is -2.33. The minimum absolute atomic E-state index is 0.587. The molecule has 2 heterocycles. The third-order valence-electron chi connectivity index (χ3n) is 3.92. The Kier molecular flexibility index (Phi) is 3.34. The maximum atomic E-state index is 5.82. The SMILES string of the molecule is Cc1ccc2ncnc(N3CCCC(CN)C3)c2c1. The third-order valence-corrected chi connectivity index (χ3v) is 3.92. The highest BCUT2D eigenvalue weighted by Crippen LogP contribution is 2.27. The molecule has 1 aliphatic heterocycles. The number of benzene rings is 1. The number of nitrogens with zero attached hydrogens (tertiary/aromatic N) is 3. The van der Waals surface area contributed by atoms with Gasteiger partial charge in [0, 0.05) is 18.5 Å². The molecule has 1 fully saturated rings. The van der Waals surface area contributed by atoms with E-state index >= 15 is 0 Å².